The molecule has 0 rings (SSSR count). The standard InChI is InChI=1S/2Ba.3Cu.7H2O.Y/h;;;;;7*1H2;. The minimum absolute atomic E-state index is 0. The van der Waals surface area contributed by atoms with E-state index in [0.29, 0.717) is 0 Å². The molecule has 7 nitrogen and oxygen atoms in total. The molecular formula is H14Ba2Cu3O7Y. The molecule has 14 N–H and O–H groups in total. The SMILES string of the molecule is O.O.O.O.O.O.O.[Ba].[Ba].[Cu].[Cu].[Cu].[Y]. The fraction of sp³-hybridized carbons (Fsp3) is 0. The molecule has 0 heterocycles. The van der Waals surface area contributed by atoms with Gasteiger partial charge in [0.1, 0.15) is 0 Å². The van der Waals surface area contributed by atoms with Gasteiger partial charge in [-0.1, -0.05) is 0 Å². The molecule has 0 aromatic rings. The van der Waals surface area contributed by atoms with Crippen LogP contribution in [-0.4, -0.2) is 136 Å². The second-order valence-electron chi connectivity index (χ2n) is 0. The third-order valence-corrected chi connectivity index (χ3v) is 0. The Kier molecular flexibility index (Phi) is 2250. The van der Waals surface area contributed by atoms with Crippen molar-refractivity contribution >= 4 is 97.8 Å². The maximum atomic E-state index is 0. The Morgan fingerprint density at radius 3 is 0.308 bits per heavy atom. The van der Waals surface area contributed by atoms with Gasteiger partial charge in [0.15, 0.2) is 0 Å². The molecule has 0 spiro atoms. The van der Waals surface area contributed by atoms with Gasteiger partial charge in [-0.15, -0.1) is 0 Å². The first-order valence-electron chi connectivity index (χ1n) is 0. The van der Waals surface area contributed by atoms with E-state index in [1.54, 1.807) is 0 Å². The second kappa shape index (κ2) is 157. The summed E-state index contributed by atoms with van der Waals surface area (Å²) in [5, 5.41) is 0. The summed E-state index contributed by atoms with van der Waals surface area (Å²) in [4.78, 5) is 0. The maximum Gasteiger partial charge on any atom is 0 e. The molecule has 0 amide bonds. The zero-order chi connectivity index (χ0) is 0. The monoisotopic (exact) mass is 680 g/mol. The first-order chi connectivity index (χ1) is 0. The van der Waals surface area contributed by atoms with Gasteiger partial charge in [0.05, 0.1) is 0 Å². The van der Waals surface area contributed by atoms with E-state index < -0.39 is 0 Å². The van der Waals surface area contributed by atoms with Crippen LogP contribution in [0.3, 0.4) is 0 Å². The zero-order valence-electron chi connectivity index (χ0n) is 6.40. The van der Waals surface area contributed by atoms with Crippen molar-refractivity contribution in [3.63, 3.8) is 0 Å². The van der Waals surface area contributed by atoms with Crippen molar-refractivity contribution in [1.82, 2.24) is 0 Å². The van der Waals surface area contributed by atoms with Crippen LogP contribution in [0.25, 0.3) is 0 Å². The first kappa shape index (κ1) is 186. The predicted molar refractivity (Wildman–Crippen MR) is 36.8 cm³/mol. The van der Waals surface area contributed by atoms with Crippen molar-refractivity contribution in [3.8, 4) is 0 Å². The van der Waals surface area contributed by atoms with Gasteiger partial charge < -0.3 is 38.3 Å². The van der Waals surface area contributed by atoms with Crippen molar-refractivity contribution < 1.29 is 122 Å². The quantitative estimate of drug-likeness (QED) is 0.218. The van der Waals surface area contributed by atoms with Crippen LogP contribution in [0.4, 0.5) is 0 Å². The summed E-state index contributed by atoms with van der Waals surface area (Å²) in [6.45, 7) is 0. The third-order valence-electron chi connectivity index (χ3n) is 0. The fourth-order valence-corrected chi connectivity index (χ4v) is 0. The molecule has 13 heavy (non-hydrogen) atoms. The van der Waals surface area contributed by atoms with E-state index in [1.165, 1.54) is 0 Å². The molecule has 0 aliphatic rings. The van der Waals surface area contributed by atoms with Crippen LogP contribution < -0.4 is 0 Å². The Hall–Kier alpha value is 5.53. The number of rotatable bonds is 0. The van der Waals surface area contributed by atoms with Crippen LogP contribution in [0.5, 0.6) is 0 Å². The minimum atomic E-state index is 0. The van der Waals surface area contributed by atoms with Gasteiger partial charge in [-0.25, -0.2) is 0 Å². The molecule has 0 aliphatic carbocycles. The summed E-state index contributed by atoms with van der Waals surface area (Å²) in [5.74, 6) is 0. The van der Waals surface area contributed by atoms with Crippen LogP contribution in [0.1, 0.15) is 0 Å². The average molecular weight is 680 g/mol. The molecule has 0 aliphatic heterocycles. The van der Waals surface area contributed by atoms with Crippen LogP contribution in [0.2, 0.25) is 0 Å². The van der Waals surface area contributed by atoms with Gasteiger partial charge in [-0.2, -0.15) is 0 Å². The maximum absolute atomic E-state index is 0. The molecule has 0 aromatic heterocycles. The fourth-order valence-electron chi connectivity index (χ4n) is 0. The Balaban J connectivity index is 0. The second-order valence-corrected chi connectivity index (χ2v) is 0. The molecule has 96 valence electrons. The minimum Gasteiger partial charge on any atom is -0.412 e. The van der Waals surface area contributed by atoms with Gasteiger partial charge in [-0.05, 0) is 0 Å². The Labute approximate surface area is 214 Å². The summed E-state index contributed by atoms with van der Waals surface area (Å²) < 4.78 is 0. The van der Waals surface area contributed by atoms with E-state index in [4.69, 9.17) is 0 Å². The summed E-state index contributed by atoms with van der Waals surface area (Å²) >= 11 is 0. The molecule has 8 radical (unpaired) electrons. The van der Waals surface area contributed by atoms with E-state index in [-0.39, 0.29) is 220 Å². The Morgan fingerprint density at radius 1 is 0.308 bits per heavy atom. The van der Waals surface area contributed by atoms with Crippen LogP contribution >= 0.6 is 0 Å². The molecule has 0 fully saturated rings. The average Bonchev–Trinajstić information content (AvgIpc) is 0. The van der Waals surface area contributed by atoms with Gasteiger partial charge in [0.25, 0.3) is 0 Å². The molecular weight excluding hydrogens is 666 g/mol. The van der Waals surface area contributed by atoms with Crippen LogP contribution in [-0.2, 0) is 83.9 Å². The molecule has 0 unspecified atom stereocenters. The molecule has 0 aromatic carbocycles. The normalized spacial score (nSPS) is 0. The van der Waals surface area contributed by atoms with E-state index >= 15 is 0 Å². The van der Waals surface area contributed by atoms with Crippen LogP contribution in [0, 0.1) is 0 Å². The molecule has 0 atom stereocenters. The first-order valence-corrected chi connectivity index (χ1v) is 0. The summed E-state index contributed by atoms with van der Waals surface area (Å²) in [7, 11) is 0. The summed E-state index contributed by atoms with van der Waals surface area (Å²) in [6.07, 6.45) is 0. The summed E-state index contributed by atoms with van der Waals surface area (Å²) in [5.41, 5.74) is 0. The molecule has 0 saturated heterocycles. The molecule has 0 saturated carbocycles. The largest absolute Gasteiger partial charge is 0.412 e. The van der Waals surface area contributed by atoms with Gasteiger partial charge >= 0.3 is 0 Å². The third kappa shape index (κ3) is 138. The molecule has 0 bridgehead atoms. The van der Waals surface area contributed by atoms with Crippen molar-refractivity contribution in [2.75, 3.05) is 0 Å². The predicted octanol–water partition coefficient (Wildman–Crippen LogP) is -6.54. The van der Waals surface area contributed by atoms with Gasteiger partial charge in [0, 0.05) is 182 Å². The van der Waals surface area contributed by atoms with Crippen molar-refractivity contribution in [1.29, 1.82) is 0 Å². The van der Waals surface area contributed by atoms with Gasteiger partial charge in [0.2, 0.25) is 0 Å². The molecule has 13 heteroatoms. The number of hydrogen-bond acceptors (Lipinski definition) is 0. The van der Waals surface area contributed by atoms with E-state index in [1.807, 2.05) is 0 Å². The van der Waals surface area contributed by atoms with E-state index in [2.05, 4.69) is 0 Å². The van der Waals surface area contributed by atoms with Crippen LogP contribution in [0.15, 0.2) is 0 Å². The van der Waals surface area contributed by atoms with E-state index in [9.17, 15) is 0 Å². The Bertz CT molecular complexity index is 21.7. The van der Waals surface area contributed by atoms with Crippen molar-refractivity contribution in [2.45, 2.75) is 0 Å². The topological polar surface area (TPSA) is 220 Å². The Morgan fingerprint density at radius 2 is 0.308 bits per heavy atom. The van der Waals surface area contributed by atoms with Crippen molar-refractivity contribution in [3.05, 3.63) is 0 Å². The number of hydrogen-bond donors (Lipinski definition) is 0. The summed E-state index contributed by atoms with van der Waals surface area (Å²) in [6, 6.07) is 0. The zero-order valence-corrected chi connectivity index (χ0v) is 20.9. The smallest absolute Gasteiger partial charge is 0 e. The van der Waals surface area contributed by atoms with Crippen molar-refractivity contribution in [2.24, 2.45) is 0 Å². The van der Waals surface area contributed by atoms with E-state index in [0.717, 1.165) is 0 Å². The van der Waals surface area contributed by atoms with Gasteiger partial charge in [-0.3, -0.25) is 0 Å².